The monoisotopic (exact) mass is 355 g/mol. The first-order valence-electron chi connectivity index (χ1n) is 8.72. The molecule has 0 saturated carbocycles. The first kappa shape index (κ1) is 17.9. The summed E-state index contributed by atoms with van der Waals surface area (Å²) >= 11 is 0. The number of carbonyl (C=O) groups excluding carboxylic acids is 2. The van der Waals surface area contributed by atoms with Gasteiger partial charge in [0.25, 0.3) is 5.91 Å². The average Bonchev–Trinajstić information content (AvgIpc) is 2.66. The summed E-state index contributed by atoms with van der Waals surface area (Å²) in [6.45, 7) is 1.88. The molecule has 0 bridgehead atoms. The molecule has 1 amide bonds. The summed E-state index contributed by atoms with van der Waals surface area (Å²) in [5.41, 5.74) is -1.58. The number of carboxylic acid groups (broad SMARTS) is 1. The van der Waals surface area contributed by atoms with Gasteiger partial charge >= 0.3 is 11.9 Å². The fourth-order valence-corrected chi connectivity index (χ4v) is 3.58. The fourth-order valence-electron chi connectivity index (χ4n) is 3.58. The van der Waals surface area contributed by atoms with Crippen molar-refractivity contribution in [2.45, 2.75) is 31.7 Å². The minimum Gasteiger partial charge on any atom is -0.479 e. The van der Waals surface area contributed by atoms with E-state index in [1.807, 2.05) is 30.3 Å². The third-order valence-electron chi connectivity index (χ3n) is 4.86. The molecule has 1 aliphatic heterocycles. The van der Waals surface area contributed by atoms with E-state index in [9.17, 15) is 19.5 Å². The molecule has 1 atom stereocenters. The molecule has 6 nitrogen and oxygen atoms in total. The second kappa shape index (κ2) is 7.15. The van der Waals surface area contributed by atoms with E-state index in [0.29, 0.717) is 18.4 Å². The van der Waals surface area contributed by atoms with Crippen molar-refractivity contribution in [3.8, 4) is 0 Å². The van der Waals surface area contributed by atoms with Crippen molar-refractivity contribution < 1.29 is 24.2 Å². The number of hydrogen-bond acceptors (Lipinski definition) is 4. The molecule has 1 fully saturated rings. The number of fused-ring (bicyclic) bond motifs is 1. The zero-order valence-corrected chi connectivity index (χ0v) is 14.6. The van der Waals surface area contributed by atoms with E-state index in [0.717, 1.165) is 10.8 Å². The highest BCUT2D eigenvalue weighted by Gasteiger charge is 2.56. The Morgan fingerprint density at radius 2 is 1.85 bits per heavy atom. The Morgan fingerprint density at radius 1 is 1.12 bits per heavy atom. The number of piperidine rings is 1. The lowest BCUT2D eigenvalue weighted by atomic mass is 9.85. The molecule has 1 saturated heterocycles. The van der Waals surface area contributed by atoms with Crippen LogP contribution < -0.4 is 0 Å². The second-order valence-electron chi connectivity index (χ2n) is 6.33. The van der Waals surface area contributed by atoms with Crippen molar-refractivity contribution in [1.82, 2.24) is 4.90 Å². The predicted octanol–water partition coefficient (Wildman–Crippen LogP) is 2.85. The van der Waals surface area contributed by atoms with Gasteiger partial charge in [-0.25, -0.2) is 9.59 Å². The molecule has 0 aliphatic carbocycles. The third kappa shape index (κ3) is 2.81. The number of nitrogens with zero attached hydrogens (tertiary/aromatic N) is 1. The molecular weight excluding hydrogens is 334 g/mol. The van der Waals surface area contributed by atoms with E-state index in [2.05, 4.69) is 0 Å². The number of ether oxygens (including phenoxy) is 1. The highest BCUT2D eigenvalue weighted by Crippen LogP contribution is 2.33. The van der Waals surface area contributed by atoms with Gasteiger partial charge in [0.15, 0.2) is 0 Å². The van der Waals surface area contributed by atoms with E-state index < -0.39 is 23.4 Å². The Bertz CT molecular complexity index is 857. The van der Waals surface area contributed by atoms with Crippen LogP contribution in [0.3, 0.4) is 0 Å². The molecule has 3 rings (SSSR count). The Hall–Kier alpha value is -2.89. The Balaban J connectivity index is 2.10. The first-order chi connectivity index (χ1) is 12.5. The van der Waals surface area contributed by atoms with Crippen LogP contribution in [-0.4, -0.2) is 46.5 Å². The second-order valence-corrected chi connectivity index (χ2v) is 6.33. The summed E-state index contributed by atoms with van der Waals surface area (Å²) in [4.78, 5) is 39.2. The quantitative estimate of drug-likeness (QED) is 0.673. The fraction of sp³-hybridized carbons (Fsp3) is 0.350. The van der Waals surface area contributed by atoms with Crippen LogP contribution in [0.4, 0.5) is 0 Å². The van der Waals surface area contributed by atoms with E-state index in [1.165, 1.54) is 4.90 Å². The van der Waals surface area contributed by atoms with Gasteiger partial charge in [-0.15, -0.1) is 0 Å². The molecule has 1 heterocycles. The molecule has 1 N–H and O–H groups in total. The van der Waals surface area contributed by atoms with Crippen molar-refractivity contribution in [3.05, 3.63) is 48.0 Å². The van der Waals surface area contributed by atoms with Gasteiger partial charge in [-0.05, 0) is 43.0 Å². The third-order valence-corrected chi connectivity index (χ3v) is 4.86. The van der Waals surface area contributed by atoms with E-state index in [4.69, 9.17) is 4.74 Å². The van der Waals surface area contributed by atoms with E-state index in [1.54, 1.807) is 19.1 Å². The number of carbonyl (C=O) groups is 3. The molecule has 6 heteroatoms. The molecule has 26 heavy (non-hydrogen) atoms. The summed E-state index contributed by atoms with van der Waals surface area (Å²) in [6.07, 6.45) is 1.24. The van der Waals surface area contributed by atoms with Crippen LogP contribution in [0, 0.1) is 0 Å². The molecular formula is C20H21NO5. The van der Waals surface area contributed by atoms with Crippen LogP contribution in [-0.2, 0) is 14.3 Å². The topological polar surface area (TPSA) is 83.9 Å². The summed E-state index contributed by atoms with van der Waals surface area (Å²) in [7, 11) is 0. The van der Waals surface area contributed by atoms with Gasteiger partial charge in [-0.2, -0.15) is 0 Å². The maximum absolute atomic E-state index is 13.3. The van der Waals surface area contributed by atoms with E-state index >= 15 is 0 Å². The van der Waals surface area contributed by atoms with Crippen molar-refractivity contribution in [2.75, 3.05) is 13.2 Å². The van der Waals surface area contributed by atoms with Gasteiger partial charge in [-0.1, -0.05) is 36.4 Å². The highest BCUT2D eigenvalue weighted by molar-refractivity contribution is 6.13. The van der Waals surface area contributed by atoms with Crippen molar-refractivity contribution in [2.24, 2.45) is 0 Å². The van der Waals surface area contributed by atoms with Crippen LogP contribution >= 0.6 is 0 Å². The van der Waals surface area contributed by atoms with Crippen molar-refractivity contribution >= 4 is 28.6 Å². The van der Waals surface area contributed by atoms with Crippen LogP contribution in [0.2, 0.25) is 0 Å². The molecule has 2 aromatic rings. The zero-order valence-electron chi connectivity index (χ0n) is 14.6. The van der Waals surface area contributed by atoms with Gasteiger partial charge in [0.1, 0.15) is 0 Å². The Kier molecular flexibility index (Phi) is 4.93. The van der Waals surface area contributed by atoms with Gasteiger partial charge in [0.2, 0.25) is 5.54 Å². The number of aliphatic carboxylic acids is 1. The van der Waals surface area contributed by atoms with Gasteiger partial charge in [0.05, 0.1) is 6.61 Å². The van der Waals surface area contributed by atoms with Crippen LogP contribution in [0.25, 0.3) is 10.8 Å². The van der Waals surface area contributed by atoms with Crippen molar-refractivity contribution in [1.29, 1.82) is 0 Å². The number of benzene rings is 2. The smallest absolute Gasteiger partial charge is 0.343 e. The maximum Gasteiger partial charge on any atom is 0.343 e. The number of amides is 1. The molecule has 2 aromatic carbocycles. The summed E-state index contributed by atoms with van der Waals surface area (Å²) in [6, 6.07) is 12.7. The predicted molar refractivity (Wildman–Crippen MR) is 95.8 cm³/mol. The number of hydrogen-bond donors (Lipinski definition) is 1. The minimum absolute atomic E-state index is 0.0532. The zero-order chi connectivity index (χ0) is 18.7. The molecule has 0 aromatic heterocycles. The van der Waals surface area contributed by atoms with Crippen molar-refractivity contribution in [3.63, 3.8) is 0 Å². The van der Waals surface area contributed by atoms with Crippen LogP contribution in [0.1, 0.15) is 36.5 Å². The number of esters is 1. The molecule has 0 unspecified atom stereocenters. The van der Waals surface area contributed by atoms with E-state index in [-0.39, 0.29) is 19.6 Å². The maximum atomic E-state index is 13.3. The Morgan fingerprint density at radius 3 is 2.58 bits per heavy atom. The summed E-state index contributed by atoms with van der Waals surface area (Å²) in [5.74, 6) is -2.68. The lowest BCUT2D eigenvalue weighted by molar-refractivity contribution is -0.172. The molecule has 1 aliphatic rings. The minimum atomic E-state index is -1.97. The van der Waals surface area contributed by atoms with Crippen LogP contribution in [0.5, 0.6) is 0 Å². The molecule has 0 radical (unpaired) electrons. The lowest BCUT2D eigenvalue weighted by Gasteiger charge is -2.41. The lowest BCUT2D eigenvalue weighted by Crippen LogP contribution is -2.64. The SMILES string of the molecule is CCOC(=O)[C@]1(C(=O)O)CCCCN1C(=O)c1cccc2ccccc12. The highest BCUT2D eigenvalue weighted by atomic mass is 16.5. The molecule has 0 spiro atoms. The number of carboxylic acids is 1. The standard InChI is InChI=1S/C20H21NO5/c1-2-26-19(25)20(18(23)24)12-5-6-13-21(20)17(22)16-11-7-9-14-8-3-4-10-15(14)16/h3-4,7-11H,2,5-6,12-13H2,1H3,(H,23,24)/t20-/m1/s1. The number of rotatable bonds is 4. The summed E-state index contributed by atoms with van der Waals surface area (Å²) < 4.78 is 5.04. The average molecular weight is 355 g/mol. The first-order valence-corrected chi connectivity index (χ1v) is 8.72. The normalized spacial score (nSPS) is 20.0. The largest absolute Gasteiger partial charge is 0.479 e. The van der Waals surface area contributed by atoms with Gasteiger partial charge in [0, 0.05) is 12.1 Å². The number of likely N-dealkylation sites (tertiary alicyclic amines) is 1. The summed E-state index contributed by atoms with van der Waals surface area (Å²) in [5, 5.41) is 11.5. The van der Waals surface area contributed by atoms with Crippen LogP contribution in [0.15, 0.2) is 42.5 Å². The Labute approximate surface area is 151 Å². The molecule has 136 valence electrons. The van der Waals surface area contributed by atoms with Gasteiger partial charge in [-0.3, -0.25) is 4.79 Å². The van der Waals surface area contributed by atoms with Gasteiger partial charge < -0.3 is 14.7 Å².